The third-order valence-electron chi connectivity index (χ3n) is 3.93. The van der Waals surface area contributed by atoms with Crippen LogP contribution in [0, 0.1) is 5.92 Å². The van der Waals surface area contributed by atoms with Crippen LogP contribution in [0.1, 0.15) is 19.8 Å². The SMILES string of the molecule is COc1ccc(N(CCCN)C(=O)C2CCOC2C)cc1. The minimum atomic E-state index is -0.0649. The highest BCUT2D eigenvalue weighted by Crippen LogP contribution is 2.27. The molecule has 1 aromatic carbocycles. The van der Waals surface area contributed by atoms with E-state index in [1.807, 2.05) is 36.1 Å². The smallest absolute Gasteiger partial charge is 0.232 e. The predicted molar refractivity (Wildman–Crippen MR) is 82.5 cm³/mol. The summed E-state index contributed by atoms with van der Waals surface area (Å²) in [5.41, 5.74) is 6.48. The van der Waals surface area contributed by atoms with Crippen molar-refractivity contribution < 1.29 is 14.3 Å². The number of methoxy groups -OCH3 is 1. The van der Waals surface area contributed by atoms with E-state index in [2.05, 4.69) is 0 Å². The molecule has 0 bridgehead atoms. The summed E-state index contributed by atoms with van der Waals surface area (Å²) in [4.78, 5) is 14.6. The highest BCUT2D eigenvalue weighted by molar-refractivity contribution is 5.95. The van der Waals surface area contributed by atoms with Gasteiger partial charge in [-0.2, -0.15) is 0 Å². The van der Waals surface area contributed by atoms with E-state index in [9.17, 15) is 4.79 Å². The molecule has 1 fully saturated rings. The van der Waals surface area contributed by atoms with Crippen LogP contribution in [0.3, 0.4) is 0 Å². The molecule has 5 nitrogen and oxygen atoms in total. The van der Waals surface area contributed by atoms with Gasteiger partial charge in [-0.1, -0.05) is 0 Å². The molecule has 116 valence electrons. The summed E-state index contributed by atoms with van der Waals surface area (Å²) in [7, 11) is 1.63. The number of carbonyl (C=O) groups excluding carboxylic acids is 1. The van der Waals surface area contributed by atoms with Crippen molar-refractivity contribution >= 4 is 11.6 Å². The van der Waals surface area contributed by atoms with Crippen molar-refractivity contribution in [2.24, 2.45) is 11.7 Å². The van der Waals surface area contributed by atoms with E-state index in [0.29, 0.717) is 19.7 Å². The molecule has 1 amide bonds. The zero-order valence-electron chi connectivity index (χ0n) is 12.7. The fourth-order valence-corrected chi connectivity index (χ4v) is 2.63. The molecule has 1 saturated heterocycles. The predicted octanol–water partition coefficient (Wildman–Crippen LogP) is 1.80. The highest BCUT2D eigenvalue weighted by atomic mass is 16.5. The van der Waals surface area contributed by atoms with E-state index in [1.54, 1.807) is 7.11 Å². The Kier molecular flexibility index (Phi) is 5.59. The van der Waals surface area contributed by atoms with E-state index in [-0.39, 0.29) is 17.9 Å². The maximum Gasteiger partial charge on any atom is 0.232 e. The lowest BCUT2D eigenvalue weighted by Crippen LogP contribution is -2.40. The molecule has 0 aliphatic carbocycles. The number of hydrogen-bond acceptors (Lipinski definition) is 4. The first kappa shape index (κ1) is 15.8. The summed E-state index contributed by atoms with van der Waals surface area (Å²) in [5.74, 6) is 0.839. The van der Waals surface area contributed by atoms with Crippen LogP contribution in [-0.2, 0) is 9.53 Å². The molecule has 2 unspecified atom stereocenters. The third kappa shape index (κ3) is 3.74. The van der Waals surface area contributed by atoms with Crippen LogP contribution in [0.4, 0.5) is 5.69 Å². The van der Waals surface area contributed by atoms with Crippen LogP contribution in [0.2, 0.25) is 0 Å². The first-order valence-electron chi connectivity index (χ1n) is 7.44. The summed E-state index contributed by atoms with van der Waals surface area (Å²) in [6.45, 7) is 3.82. The largest absolute Gasteiger partial charge is 0.497 e. The highest BCUT2D eigenvalue weighted by Gasteiger charge is 2.34. The lowest BCUT2D eigenvalue weighted by molar-refractivity contribution is -0.123. The number of anilines is 1. The molecule has 0 saturated carbocycles. The van der Waals surface area contributed by atoms with Crippen molar-refractivity contribution in [3.8, 4) is 5.75 Å². The number of nitrogens with two attached hydrogens (primary N) is 1. The quantitative estimate of drug-likeness (QED) is 0.868. The first-order chi connectivity index (χ1) is 10.2. The topological polar surface area (TPSA) is 64.8 Å². The summed E-state index contributed by atoms with van der Waals surface area (Å²) in [6.07, 6.45) is 1.55. The van der Waals surface area contributed by atoms with Crippen LogP contribution in [-0.4, -0.2) is 38.8 Å². The molecule has 0 radical (unpaired) electrons. The maximum absolute atomic E-state index is 12.8. The number of amides is 1. The maximum atomic E-state index is 12.8. The standard InChI is InChI=1S/C16H24N2O3/c1-12-15(8-11-21-12)16(19)18(10-3-9-17)13-4-6-14(20-2)7-5-13/h4-7,12,15H,3,8-11,17H2,1-2H3. The van der Waals surface area contributed by atoms with E-state index < -0.39 is 0 Å². The molecule has 2 N–H and O–H groups in total. The Morgan fingerprint density at radius 2 is 2.14 bits per heavy atom. The zero-order chi connectivity index (χ0) is 15.2. The van der Waals surface area contributed by atoms with Gasteiger partial charge in [-0.3, -0.25) is 4.79 Å². The van der Waals surface area contributed by atoms with Gasteiger partial charge in [-0.15, -0.1) is 0 Å². The molecule has 21 heavy (non-hydrogen) atoms. The van der Waals surface area contributed by atoms with Crippen molar-refractivity contribution in [1.82, 2.24) is 0 Å². The van der Waals surface area contributed by atoms with Gasteiger partial charge in [-0.05, 0) is 50.6 Å². The van der Waals surface area contributed by atoms with E-state index in [4.69, 9.17) is 15.2 Å². The fraction of sp³-hybridized carbons (Fsp3) is 0.562. The fourth-order valence-electron chi connectivity index (χ4n) is 2.63. The molecule has 1 heterocycles. The first-order valence-corrected chi connectivity index (χ1v) is 7.44. The van der Waals surface area contributed by atoms with Gasteiger partial charge >= 0.3 is 0 Å². The average molecular weight is 292 g/mol. The monoisotopic (exact) mass is 292 g/mol. The lowest BCUT2D eigenvalue weighted by Gasteiger charge is -2.27. The molecule has 0 spiro atoms. The van der Waals surface area contributed by atoms with Gasteiger partial charge in [0, 0.05) is 18.8 Å². The number of nitrogens with zero attached hydrogens (tertiary/aromatic N) is 1. The number of ether oxygens (including phenoxy) is 2. The van der Waals surface area contributed by atoms with Gasteiger partial charge < -0.3 is 20.1 Å². The van der Waals surface area contributed by atoms with Gasteiger partial charge in [0.2, 0.25) is 5.91 Å². The van der Waals surface area contributed by atoms with Gasteiger partial charge in [0.05, 0.1) is 19.1 Å². The number of hydrogen-bond donors (Lipinski definition) is 1. The lowest BCUT2D eigenvalue weighted by atomic mass is 10.0. The molecule has 1 aliphatic heterocycles. The van der Waals surface area contributed by atoms with Gasteiger partial charge in [0.15, 0.2) is 0 Å². The molecule has 5 heteroatoms. The van der Waals surface area contributed by atoms with E-state index in [0.717, 1.165) is 24.3 Å². The van der Waals surface area contributed by atoms with Crippen LogP contribution in [0.5, 0.6) is 5.75 Å². The molecular weight excluding hydrogens is 268 g/mol. The van der Waals surface area contributed by atoms with Crippen molar-refractivity contribution in [1.29, 1.82) is 0 Å². The Labute approximate surface area is 126 Å². The molecule has 2 atom stereocenters. The van der Waals surface area contributed by atoms with Crippen molar-refractivity contribution in [3.05, 3.63) is 24.3 Å². The van der Waals surface area contributed by atoms with Crippen LogP contribution in [0.15, 0.2) is 24.3 Å². The van der Waals surface area contributed by atoms with Crippen LogP contribution in [0.25, 0.3) is 0 Å². The summed E-state index contributed by atoms with van der Waals surface area (Å²) < 4.78 is 10.7. The Bertz CT molecular complexity index is 461. The molecule has 1 aromatic rings. The van der Waals surface area contributed by atoms with Gasteiger partial charge in [-0.25, -0.2) is 0 Å². The second-order valence-electron chi connectivity index (χ2n) is 5.30. The number of rotatable bonds is 6. The molecule has 2 rings (SSSR count). The van der Waals surface area contributed by atoms with Gasteiger partial charge in [0.1, 0.15) is 5.75 Å². The number of benzene rings is 1. The summed E-state index contributed by atoms with van der Waals surface area (Å²) in [6, 6.07) is 7.56. The number of carbonyl (C=O) groups is 1. The Morgan fingerprint density at radius 3 is 2.67 bits per heavy atom. The van der Waals surface area contributed by atoms with E-state index in [1.165, 1.54) is 0 Å². The summed E-state index contributed by atoms with van der Waals surface area (Å²) in [5, 5.41) is 0. The van der Waals surface area contributed by atoms with Crippen molar-refractivity contribution in [3.63, 3.8) is 0 Å². The Balaban J connectivity index is 2.17. The second-order valence-corrected chi connectivity index (χ2v) is 5.30. The third-order valence-corrected chi connectivity index (χ3v) is 3.93. The molecule has 1 aliphatic rings. The average Bonchev–Trinajstić information content (AvgIpc) is 2.94. The molecular formula is C16H24N2O3. The van der Waals surface area contributed by atoms with Crippen LogP contribution >= 0.6 is 0 Å². The van der Waals surface area contributed by atoms with Gasteiger partial charge in [0.25, 0.3) is 0 Å². The minimum absolute atomic E-state index is 0.0175. The minimum Gasteiger partial charge on any atom is -0.497 e. The van der Waals surface area contributed by atoms with Crippen LogP contribution < -0.4 is 15.4 Å². The molecule has 0 aromatic heterocycles. The second kappa shape index (κ2) is 7.43. The van der Waals surface area contributed by atoms with E-state index >= 15 is 0 Å². The van der Waals surface area contributed by atoms with Crippen molar-refractivity contribution in [2.75, 3.05) is 31.7 Å². The summed E-state index contributed by atoms with van der Waals surface area (Å²) >= 11 is 0. The van der Waals surface area contributed by atoms with Crippen molar-refractivity contribution in [2.45, 2.75) is 25.9 Å². The normalized spacial score (nSPS) is 21.3. The Morgan fingerprint density at radius 1 is 1.43 bits per heavy atom. The Hall–Kier alpha value is -1.59. The zero-order valence-corrected chi connectivity index (χ0v) is 12.7.